The summed E-state index contributed by atoms with van der Waals surface area (Å²) in [6.07, 6.45) is 4.04. The van der Waals surface area contributed by atoms with Crippen LogP contribution < -0.4 is 5.73 Å². The van der Waals surface area contributed by atoms with Crippen molar-refractivity contribution in [2.24, 2.45) is 5.73 Å². The summed E-state index contributed by atoms with van der Waals surface area (Å²) in [4.78, 5) is 4.52. The average Bonchev–Trinajstić information content (AvgIpc) is 2.97. The summed E-state index contributed by atoms with van der Waals surface area (Å²) in [5, 5.41) is 4.09. The third-order valence-electron chi connectivity index (χ3n) is 3.94. The molecule has 1 aromatic heterocycles. The Labute approximate surface area is 108 Å². The first kappa shape index (κ1) is 13.5. The zero-order valence-corrected chi connectivity index (χ0v) is 11.5. The lowest BCUT2D eigenvalue weighted by molar-refractivity contribution is -0.0403. The van der Waals surface area contributed by atoms with Gasteiger partial charge in [-0.25, -0.2) is 0 Å². The van der Waals surface area contributed by atoms with Crippen LogP contribution in [0.4, 0.5) is 0 Å². The first-order chi connectivity index (χ1) is 8.60. The predicted octanol–water partition coefficient (Wildman–Crippen LogP) is 2.33. The summed E-state index contributed by atoms with van der Waals surface area (Å²) in [7, 11) is 0. The largest absolute Gasteiger partial charge is 0.367 e. The van der Waals surface area contributed by atoms with E-state index in [4.69, 9.17) is 15.0 Å². The topological polar surface area (TPSA) is 74.2 Å². The Kier molecular flexibility index (Phi) is 4.02. The van der Waals surface area contributed by atoms with Crippen molar-refractivity contribution in [1.29, 1.82) is 0 Å². The van der Waals surface area contributed by atoms with Crippen LogP contribution in [0.5, 0.6) is 0 Å². The Balaban J connectivity index is 2.18. The van der Waals surface area contributed by atoms with Crippen molar-refractivity contribution in [3.63, 3.8) is 0 Å². The van der Waals surface area contributed by atoms with Gasteiger partial charge in [0, 0.05) is 12.6 Å². The van der Waals surface area contributed by atoms with E-state index in [0.717, 1.165) is 25.7 Å². The summed E-state index contributed by atoms with van der Waals surface area (Å²) in [6, 6.07) is 0.151. The highest BCUT2D eigenvalue weighted by Gasteiger charge is 2.35. The third-order valence-corrected chi connectivity index (χ3v) is 3.94. The van der Waals surface area contributed by atoms with Gasteiger partial charge in [-0.2, -0.15) is 4.98 Å². The molecule has 0 aromatic carbocycles. The molecule has 1 heterocycles. The lowest BCUT2D eigenvalue weighted by Crippen LogP contribution is -2.27. The molecule has 0 saturated heterocycles. The van der Waals surface area contributed by atoms with Crippen LogP contribution in [0.25, 0.3) is 0 Å². The fraction of sp³-hybridized carbons (Fsp3) is 0.846. The van der Waals surface area contributed by atoms with E-state index >= 15 is 0 Å². The van der Waals surface area contributed by atoms with Gasteiger partial charge in [0.2, 0.25) is 11.7 Å². The second-order valence-corrected chi connectivity index (χ2v) is 5.17. The van der Waals surface area contributed by atoms with Gasteiger partial charge >= 0.3 is 0 Å². The van der Waals surface area contributed by atoms with Gasteiger partial charge in [0.25, 0.3) is 0 Å². The van der Waals surface area contributed by atoms with Gasteiger partial charge < -0.3 is 15.0 Å². The highest BCUT2D eigenvalue weighted by molar-refractivity contribution is 5.06. The molecule has 0 bridgehead atoms. The van der Waals surface area contributed by atoms with E-state index in [-0.39, 0.29) is 12.0 Å². The standard InChI is InChI=1S/C13H23N3O2/c1-4-13(3,17-5-2)12-15-11(18-16-12)9-7-6-8-10(9)14/h9-10H,4-8,14H2,1-3H3. The van der Waals surface area contributed by atoms with Gasteiger partial charge in [-0.1, -0.05) is 18.5 Å². The number of ether oxygens (including phenoxy) is 1. The molecular formula is C13H23N3O2. The SMILES string of the molecule is CCOC(C)(CC)c1noc(C2CCCC2N)n1. The molecule has 0 amide bonds. The van der Waals surface area contributed by atoms with E-state index in [1.54, 1.807) is 0 Å². The highest BCUT2D eigenvalue weighted by Crippen LogP contribution is 2.34. The third kappa shape index (κ3) is 2.42. The van der Waals surface area contributed by atoms with Crippen molar-refractivity contribution < 1.29 is 9.26 Å². The van der Waals surface area contributed by atoms with Crippen LogP contribution in [0, 0.1) is 0 Å². The van der Waals surface area contributed by atoms with Crippen molar-refractivity contribution in [2.75, 3.05) is 6.61 Å². The van der Waals surface area contributed by atoms with Gasteiger partial charge in [0.1, 0.15) is 5.60 Å². The zero-order valence-electron chi connectivity index (χ0n) is 11.5. The Hall–Kier alpha value is -0.940. The molecule has 102 valence electrons. The molecule has 1 aliphatic rings. The Morgan fingerprint density at radius 3 is 2.78 bits per heavy atom. The van der Waals surface area contributed by atoms with Gasteiger partial charge in [0.15, 0.2) is 0 Å². The van der Waals surface area contributed by atoms with E-state index in [1.807, 2.05) is 13.8 Å². The molecule has 3 unspecified atom stereocenters. The van der Waals surface area contributed by atoms with Crippen LogP contribution in [0.3, 0.4) is 0 Å². The minimum absolute atomic E-state index is 0.151. The molecule has 1 fully saturated rings. The van der Waals surface area contributed by atoms with E-state index in [1.165, 1.54) is 0 Å². The molecule has 3 atom stereocenters. The molecule has 5 nitrogen and oxygen atoms in total. The maximum Gasteiger partial charge on any atom is 0.231 e. The highest BCUT2D eigenvalue weighted by atomic mass is 16.5. The molecule has 5 heteroatoms. The van der Waals surface area contributed by atoms with Gasteiger partial charge in [-0.05, 0) is 33.1 Å². The van der Waals surface area contributed by atoms with E-state index in [0.29, 0.717) is 18.3 Å². The fourth-order valence-corrected chi connectivity index (χ4v) is 2.54. The minimum atomic E-state index is -0.459. The Bertz CT molecular complexity index is 393. The number of rotatable bonds is 5. The van der Waals surface area contributed by atoms with Crippen molar-refractivity contribution in [3.05, 3.63) is 11.7 Å². The first-order valence-corrected chi connectivity index (χ1v) is 6.84. The molecule has 0 radical (unpaired) electrons. The van der Waals surface area contributed by atoms with Crippen LogP contribution in [0.15, 0.2) is 4.52 Å². The fourth-order valence-electron chi connectivity index (χ4n) is 2.54. The van der Waals surface area contributed by atoms with E-state index in [9.17, 15) is 0 Å². The smallest absolute Gasteiger partial charge is 0.231 e. The summed E-state index contributed by atoms with van der Waals surface area (Å²) in [6.45, 7) is 6.67. The summed E-state index contributed by atoms with van der Waals surface area (Å²) < 4.78 is 11.1. The maximum atomic E-state index is 6.06. The van der Waals surface area contributed by atoms with Gasteiger partial charge in [0.05, 0.1) is 5.92 Å². The molecule has 1 saturated carbocycles. The molecule has 18 heavy (non-hydrogen) atoms. The Morgan fingerprint density at radius 1 is 1.44 bits per heavy atom. The lowest BCUT2D eigenvalue weighted by Gasteiger charge is -2.23. The normalized spacial score (nSPS) is 27.3. The first-order valence-electron chi connectivity index (χ1n) is 6.84. The van der Waals surface area contributed by atoms with Crippen LogP contribution in [-0.4, -0.2) is 22.8 Å². The molecule has 2 N–H and O–H groups in total. The van der Waals surface area contributed by atoms with Crippen molar-refractivity contribution in [3.8, 4) is 0 Å². The summed E-state index contributed by atoms with van der Waals surface area (Å²) in [5.74, 6) is 1.53. The van der Waals surface area contributed by atoms with Crippen LogP contribution in [-0.2, 0) is 10.3 Å². The molecule has 2 rings (SSSR count). The molecule has 0 aliphatic heterocycles. The van der Waals surface area contributed by atoms with Gasteiger partial charge in [-0.3, -0.25) is 0 Å². The monoisotopic (exact) mass is 253 g/mol. The zero-order chi connectivity index (χ0) is 13.2. The summed E-state index contributed by atoms with van der Waals surface area (Å²) >= 11 is 0. The number of aromatic nitrogens is 2. The van der Waals surface area contributed by atoms with Crippen molar-refractivity contribution in [1.82, 2.24) is 10.1 Å². The van der Waals surface area contributed by atoms with Crippen molar-refractivity contribution >= 4 is 0 Å². The second kappa shape index (κ2) is 5.36. The van der Waals surface area contributed by atoms with Crippen LogP contribution >= 0.6 is 0 Å². The average molecular weight is 253 g/mol. The lowest BCUT2D eigenvalue weighted by atomic mass is 10.0. The van der Waals surface area contributed by atoms with E-state index in [2.05, 4.69) is 17.1 Å². The summed E-state index contributed by atoms with van der Waals surface area (Å²) in [5.41, 5.74) is 5.60. The van der Waals surface area contributed by atoms with Gasteiger partial charge in [-0.15, -0.1) is 0 Å². The maximum absolute atomic E-state index is 6.06. The molecule has 0 spiro atoms. The van der Waals surface area contributed by atoms with Crippen LogP contribution in [0.1, 0.15) is 64.1 Å². The Morgan fingerprint density at radius 2 is 2.22 bits per heavy atom. The number of nitrogens with two attached hydrogens (primary N) is 1. The predicted molar refractivity (Wildman–Crippen MR) is 68.1 cm³/mol. The molecule has 1 aromatic rings. The van der Waals surface area contributed by atoms with E-state index < -0.39 is 5.60 Å². The number of hydrogen-bond donors (Lipinski definition) is 1. The minimum Gasteiger partial charge on any atom is -0.367 e. The van der Waals surface area contributed by atoms with Crippen molar-refractivity contribution in [2.45, 2.75) is 64.0 Å². The van der Waals surface area contributed by atoms with Crippen LogP contribution in [0.2, 0.25) is 0 Å². The molecule has 1 aliphatic carbocycles. The number of hydrogen-bond acceptors (Lipinski definition) is 5. The quantitative estimate of drug-likeness (QED) is 0.871. The molecular weight excluding hydrogens is 230 g/mol. The number of nitrogens with zero attached hydrogens (tertiary/aromatic N) is 2. The second-order valence-electron chi connectivity index (χ2n) is 5.17.